The van der Waals surface area contributed by atoms with Crippen molar-refractivity contribution in [2.24, 2.45) is 23.2 Å². The van der Waals surface area contributed by atoms with Crippen molar-refractivity contribution in [1.82, 2.24) is 5.32 Å². The molecule has 3 heteroatoms. The number of aliphatic hydroxyl groups is 1. The van der Waals surface area contributed by atoms with Gasteiger partial charge in [-0.15, -0.1) is 0 Å². The molecule has 1 unspecified atom stereocenters. The van der Waals surface area contributed by atoms with E-state index in [4.69, 9.17) is 0 Å². The van der Waals surface area contributed by atoms with Crippen LogP contribution in [0.5, 0.6) is 0 Å². The van der Waals surface area contributed by atoms with Crippen LogP contribution in [0.15, 0.2) is 0 Å². The van der Waals surface area contributed by atoms with Crippen LogP contribution in [0.4, 0.5) is 0 Å². The van der Waals surface area contributed by atoms with Gasteiger partial charge in [0.25, 0.3) is 0 Å². The Kier molecular flexibility index (Phi) is 3.59. The van der Waals surface area contributed by atoms with Gasteiger partial charge in [0.2, 0.25) is 5.91 Å². The first-order valence-corrected chi connectivity index (χ1v) is 8.03. The molecule has 0 spiro atoms. The van der Waals surface area contributed by atoms with Gasteiger partial charge in [-0.1, -0.05) is 6.92 Å². The maximum absolute atomic E-state index is 12.1. The molecule has 0 heterocycles. The number of aliphatic hydroxyl groups excluding tert-OH is 1. The molecule has 19 heavy (non-hydrogen) atoms. The van der Waals surface area contributed by atoms with Crippen molar-refractivity contribution in [3.05, 3.63) is 0 Å². The largest absolute Gasteiger partial charge is 0.391 e. The van der Waals surface area contributed by atoms with Gasteiger partial charge in [-0.2, -0.15) is 0 Å². The average molecular weight is 265 g/mol. The molecule has 4 rings (SSSR count). The Morgan fingerprint density at radius 3 is 2.21 bits per heavy atom. The first-order valence-electron chi connectivity index (χ1n) is 8.03. The minimum atomic E-state index is -0.389. The number of hydrogen-bond donors (Lipinski definition) is 2. The zero-order valence-electron chi connectivity index (χ0n) is 12.0. The van der Waals surface area contributed by atoms with Gasteiger partial charge in [-0.3, -0.25) is 4.79 Å². The number of amides is 1. The zero-order chi connectivity index (χ0) is 13.5. The van der Waals surface area contributed by atoms with Crippen molar-refractivity contribution in [2.75, 3.05) is 6.54 Å². The van der Waals surface area contributed by atoms with Crippen molar-refractivity contribution >= 4 is 5.91 Å². The topological polar surface area (TPSA) is 49.3 Å². The van der Waals surface area contributed by atoms with Crippen LogP contribution in [0, 0.1) is 23.2 Å². The van der Waals surface area contributed by atoms with Gasteiger partial charge in [0.15, 0.2) is 0 Å². The standard InChI is InChI=1S/C16H27NO2/c1-2-14(18)10-17-15(19)9-16-6-11-3-12(7-16)5-13(4-11)8-16/h11-14,18H,2-10H2,1H3,(H,17,19). The van der Waals surface area contributed by atoms with Gasteiger partial charge in [0.05, 0.1) is 6.10 Å². The number of carbonyl (C=O) groups excluding carboxylic acids is 1. The molecule has 0 saturated heterocycles. The first-order chi connectivity index (χ1) is 9.08. The van der Waals surface area contributed by atoms with Crippen molar-refractivity contribution < 1.29 is 9.90 Å². The molecule has 3 nitrogen and oxygen atoms in total. The number of hydrogen-bond acceptors (Lipinski definition) is 2. The summed E-state index contributed by atoms with van der Waals surface area (Å²) in [4.78, 5) is 12.1. The molecule has 0 aromatic heterocycles. The highest BCUT2D eigenvalue weighted by Crippen LogP contribution is 2.61. The highest BCUT2D eigenvalue weighted by Gasteiger charge is 2.51. The molecular formula is C16H27NO2. The summed E-state index contributed by atoms with van der Waals surface area (Å²) in [6, 6.07) is 0. The smallest absolute Gasteiger partial charge is 0.220 e. The van der Waals surface area contributed by atoms with Crippen LogP contribution in [0.1, 0.15) is 58.3 Å². The van der Waals surface area contributed by atoms with E-state index in [-0.39, 0.29) is 12.0 Å². The van der Waals surface area contributed by atoms with E-state index in [1.165, 1.54) is 38.5 Å². The number of nitrogens with one attached hydrogen (secondary N) is 1. The highest BCUT2D eigenvalue weighted by molar-refractivity contribution is 5.76. The van der Waals surface area contributed by atoms with Gasteiger partial charge in [0.1, 0.15) is 0 Å². The Balaban J connectivity index is 1.56. The number of carbonyl (C=O) groups is 1. The fourth-order valence-corrected chi connectivity index (χ4v) is 5.29. The van der Waals surface area contributed by atoms with Gasteiger partial charge >= 0.3 is 0 Å². The minimum Gasteiger partial charge on any atom is -0.391 e. The predicted octanol–water partition coefficient (Wildman–Crippen LogP) is 2.48. The summed E-state index contributed by atoms with van der Waals surface area (Å²) in [6.45, 7) is 2.36. The van der Waals surface area contributed by atoms with E-state index in [1.54, 1.807) is 0 Å². The monoisotopic (exact) mass is 265 g/mol. The number of rotatable bonds is 5. The van der Waals surface area contributed by atoms with E-state index < -0.39 is 0 Å². The van der Waals surface area contributed by atoms with Crippen molar-refractivity contribution in [3.63, 3.8) is 0 Å². The van der Waals surface area contributed by atoms with Crippen LogP contribution in [0.3, 0.4) is 0 Å². The van der Waals surface area contributed by atoms with Crippen LogP contribution in [0.2, 0.25) is 0 Å². The van der Waals surface area contributed by atoms with E-state index in [9.17, 15) is 9.90 Å². The maximum Gasteiger partial charge on any atom is 0.220 e. The molecule has 108 valence electrons. The molecule has 0 aromatic rings. The summed E-state index contributed by atoms with van der Waals surface area (Å²) in [6.07, 6.45) is 9.14. The molecule has 4 fully saturated rings. The Morgan fingerprint density at radius 2 is 1.74 bits per heavy atom. The van der Waals surface area contributed by atoms with Gasteiger partial charge in [-0.05, 0) is 68.1 Å². The van der Waals surface area contributed by atoms with Gasteiger partial charge in [0, 0.05) is 13.0 Å². The summed E-state index contributed by atoms with van der Waals surface area (Å²) < 4.78 is 0. The zero-order valence-corrected chi connectivity index (χ0v) is 12.0. The van der Waals surface area contributed by atoms with Crippen molar-refractivity contribution in [3.8, 4) is 0 Å². The van der Waals surface area contributed by atoms with E-state index in [0.717, 1.165) is 17.8 Å². The molecule has 1 atom stereocenters. The minimum absolute atomic E-state index is 0.162. The predicted molar refractivity (Wildman–Crippen MR) is 74.5 cm³/mol. The second-order valence-electron chi connectivity index (χ2n) is 7.46. The average Bonchev–Trinajstić information content (AvgIpc) is 2.33. The summed E-state index contributed by atoms with van der Waals surface area (Å²) >= 11 is 0. The first kappa shape index (κ1) is 13.4. The molecule has 4 bridgehead atoms. The van der Waals surface area contributed by atoms with E-state index in [0.29, 0.717) is 24.8 Å². The van der Waals surface area contributed by atoms with Crippen LogP contribution < -0.4 is 5.32 Å². The third kappa shape index (κ3) is 2.81. The van der Waals surface area contributed by atoms with Crippen LogP contribution in [-0.2, 0) is 4.79 Å². The van der Waals surface area contributed by atoms with Crippen molar-refractivity contribution in [2.45, 2.75) is 64.4 Å². The van der Waals surface area contributed by atoms with Crippen molar-refractivity contribution in [1.29, 1.82) is 0 Å². The summed E-state index contributed by atoms with van der Waals surface area (Å²) in [5.74, 6) is 2.87. The van der Waals surface area contributed by atoms with Gasteiger partial charge < -0.3 is 10.4 Å². The molecule has 2 N–H and O–H groups in total. The van der Waals surface area contributed by atoms with Crippen LogP contribution in [0.25, 0.3) is 0 Å². The molecule has 0 aliphatic heterocycles. The lowest BCUT2D eigenvalue weighted by atomic mass is 9.49. The molecule has 4 aliphatic rings. The van der Waals surface area contributed by atoms with Gasteiger partial charge in [-0.25, -0.2) is 0 Å². The quantitative estimate of drug-likeness (QED) is 0.802. The lowest BCUT2D eigenvalue weighted by Crippen LogP contribution is -2.48. The lowest BCUT2D eigenvalue weighted by molar-refractivity contribution is -0.129. The third-order valence-corrected chi connectivity index (χ3v) is 5.71. The molecule has 1 amide bonds. The summed E-state index contributed by atoms with van der Waals surface area (Å²) in [5, 5.41) is 12.4. The lowest BCUT2D eigenvalue weighted by Gasteiger charge is -2.56. The Labute approximate surface area is 116 Å². The normalized spacial score (nSPS) is 41.3. The Bertz CT molecular complexity index is 317. The third-order valence-electron chi connectivity index (χ3n) is 5.71. The molecule has 4 saturated carbocycles. The molecular weight excluding hydrogens is 238 g/mol. The van der Waals surface area contributed by atoms with Crippen LogP contribution in [-0.4, -0.2) is 23.7 Å². The Hall–Kier alpha value is -0.570. The maximum atomic E-state index is 12.1. The molecule has 0 aromatic carbocycles. The summed E-state index contributed by atoms with van der Waals surface area (Å²) in [5.41, 5.74) is 0.315. The second kappa shape index (κ2) is 5.08. The fourth-order valence-electron chi connectivity index (χ4n) is 5.29. The van der Waals surface area contributed by atoms with E-state index in [2.05, 4.69) is 5.32 Å². The van der Waals surface area contributed by atoms with Crippen LogP contribution >= 0.6 is 0 Å². The van der Waals surface area contributed by atoms with E-state index in [1.807, 2.05) is 6.92 Å². The molecule has 0 radical (unpaired) electrons. The fraction of sp³-hybridized carbons (Fsp3) is 0.938. The Morgan fingerprint density at radius 1 is 1.21 bits per heavy atom. The second-order valence-corrected chi connectivity index (χ2v) is 7.46. The molecule has 4 aliphatic carbocycles. The summed E-state index contributed by atoms with van der Waals surface area (Å²) in [7, 11) is 0. The highest BCUT2D eigenvalue weighted by atomic mass is 16.3. The van der Waals surface area contributed by atoms with E-state index >= 15 is 0 Å². The SMILES string of the molecule is CCC(O)CNC(=O)CC12CC3CC(CC(C3)C1)C2.